The molecule has 0 aliphatic rings. The molecule has 0 amide bonds. The van der Waals surface area contributed by atoms with Gasteiger partial charge >= 0.3 is 0 Å². The summed E-state index contributed by atoms with van der Waals surface area (Å²) in [6.45, 7) is 0.731. The number of hydrogen-bond donors (Lipinski definition) is 2. The van der Waals surface area contributed by atoms with Gasteiger partial charge in [0.15, 0.2) is 0 Å². The van der Waals surface area contributed by atoms with Crippen molar-refractivity contribution in [3.05, 3.63) is 28.9 Å². The lowest BCUT2D eigenvalue weighted by atomic mass is 10.3. The van der Waals surface area contributed by atoms with Crippen molar-refractivity contribution in [2.75, 3.05) is 13.6 Å². The van der Waals surface area contributed by atoms with Crippen LogP contribution in [-0.4, -0.2) is 34.4 Å². The number of hydrogen-bond acceptors (Lipinski definition) is 4. The van der Waals surface area contributed by atoms with Gasteiger partial charge < -0.3 is 10.4 Å². The van der Waals surface area contributed by atoms with E-state index in [9.17, 15) is 9.90 Å². The van der Waals surface area contributed by atoms with Gasteiger partial charge in [-0.15, -0.1) is 0 Å². The molecule has 0 aromatic carbocycles. The van der Waals surface area contributed by atoms with Gasteiger partial charge in [0.2, 0.25) is 0 Å². The first kappa shape index (κ1) is 9.88. The van der Waals surface area contributed by atoms with Gasteiger partial charge in [-0.3, -0.25) is 9.36 Å². The Balaban J connectivity index is 2.63. The lowest BCUT2D eigenvalue weighted by molar-refractivity contribution is 0.152. The summed E-state index contributed by atoms with van der Waals surface area (Å²) in [5.41, 5.74) is -0.148. The Labute approximate surface area is 76.0 Å². The van der Waals surface area contributed by atoms with Crippen LogP contribution in [0.2, 0.25) is 0 Å². The minimum absolute atomic E-state index is 0.148. The fourth-order valence-electron chi connectivity index (χ4n) is 1.04. The van der Waals surface area contributed by atoms with Crippen LogP contribution in [-0.2, 0) is 6.54 Å². The molecule has 0 fully saturated rings. The van der Waals surface area contributed by atoms with Crippen LogP contribution in [0.3, 0.4) is 0 Å². The molecule has 13 heavy (non-hydrogen) atoms. The molecule has 0 aliphatic carbocycles. The lowest BCUT2D eigenvalue weighted by Crippen LogP contribution is -2.32. The van der Waals surface area contributed by atoms with Gasteiger partial charge in [0.1, 0.15) is 0 Å². The molecule has 0 bridgehead atoms. The quantitative estimate of drug-likeness (QED) is 0.617. The lowest BCUT2D eigenvalue weighted by Gasteiger charge is -2.10. The normalized spacial score (nSPS) is 12.8. The predicted octanol–water partition coefficient (Wildman–Crippen LogP) is -1.18. The fourth-order valence-corrected chi connectivity index (χ4v) is 1.04. The van der Waals surface area contributed by atoms with Crippen LogP contribution in [0.4, 0.5) is 0 Å². The summed E-state index contributed by atoms with van der Waals surface area (Å²) in [7, 11) is 1.75. The molecule has 5 heteroatoms. The van der Waals surface area contributed by atoms with Gasteiger partial charge in [-0.1, -0.05) is 0 Å². The number of nitrogens with one attached hydrogen (secondary N) is 1. The van der Waals surface area contributed by atoms with Crippen LogP contribution >= 0.6 is 0 Å². The van der Waals surface area contributed by atoms with E-state index in [1.165, 1.54) is 23.2 Å². The van der Waals surface area contributed by atoms with E-state index in [0.717, 1.165) is 0 Å². The molecule has 2 N–H and O–H groups in total. The van der Waals surface area contributed by atoms with Crippen molar-refractivity contribution in [3.63, 3.8) is 0 Å². The monoisotopic (exact) mass is 183 g/mol. The highest BCUT2D eigenvalue weighted by Gasteiger charge is 2.03. The van der Waals surface area contributed by atoms with Crippen molar-refractivity contribution in [2.24, 2.45) is 0 Å². The van der Waals surface area contributed by atoms with Crippen molar-refractivity contribution in [2.45, 2.75) is 12.6 Å². The summed E-state index contributed by atoms with van der Waals surface area (Å²) in [5.74, 6) is 0. The second kappa shape index (κ2) is 4.74. The second-order valence-electron chi connectivity index (χ2n) is 2.78. The van der Waals surface area contributed by atoms with E-state index in [1.807, 2.05) is 0 Å². The number of rotatable bonds is 4. The maximum absolute atomic E-state index is 11.2. The standard InChI is InChI=1S/C8H13N3O2/c1-9-4-7(12)5-11-6-10-3-2-8(11)13/h2-3,6-7,9,12H,4-5H2,1H3. The molecule has 1 heterocycles. The van der Waals surface area contributed by atoms with E-state index in [1.54, 1.807) is 7.05 Å². The average molecular weight is 183 g/mol. The number of nitrogens with zero attached hydrogens (tertiary/aromatic N) is 2. The van der Waals surface area contributed by atoms with Gasteiger partial charge in [-0.2, -0.15) is 0 Å². The van der Waals surface area contributed by atoms with Gasteiger partial charge in [-0.05, 0) is 7.05 Å². The van der Waals surface area contributed by atoms with E-state index >= 15 is 0 Å². The van der Waals surface area contributed by atoms with Crippen molar-refractivity contribution in [1.82, 2.24) is 14.9 Å². The molecule has 5 nitrogen and oxygen atoms in total. The molecule has 0 saturated carbocycles. The van der Waals surface area contributed by atoms with Gasteiger partial charge in [0.25, 0.3) is 5.56 Å². The van der Waals surface area contributed by atoms with Gasteiger partial charge in [0, 0.05) is 18.8 Å². The first-order valence-corrected chi connectivity index (χ1v) is 4.07. The van der Waals surface area contributed by atoms with Crippen LogP contribution in [0.1, 0.15) is 0 Å². The molecule has 0 radical (unpaired) electrons. The highest BCUT2D eigenvalue weighted by atomic mass is 16.3. The zero-order valence-electron chi connectivity index (χ0n) is 7.47. The highest BCUT2D eigenvalue weighted by Crippen LogP contribution is 1.85. The smallest absolute Gasteiger partial charge is 0.253 e. The highest BCUT2D eigenvalue weighted by molar-refractivity contribution is 4.82. The predicted molar refractivity (Wildman–Crippen MR) is 48.4 cm³/mol. The van der Waals surface area contributed by atoms with E-state index in [2.05, 4.69) is 10.3 Å². The summed E-state index contributed by atoms with van der Waals surface area (Å²) in [4.78, 5) is 14.9. The average Bonchev–Trinajstić information content (AvgIpc) is 2.09. The topological polar surface area (TPSA) is 67.2 Å². The van der Waals surface area contributed by atoms with Crippen molar-refractivity contribution >= 4 is 0 Å². The fraction of sp³-hybridized carbons (Fsp3) is 0.500. The Hall–Kier alpha value is -1.20. The summed E-state index contributed by atoms with van der Waals surface area (Å²) >= 11 is 0. The molecule has 1 atom stereocenters. The van der Waals surface area contributed by atoms with Crippen molar-refractivity contribution in [3.8, 4) is 0 Å². The molecular weight excluding hydrogens is 170 g/mol. The molecular formula is C8H13N3O2. The summed E-state index contributed by atoms with van der Waals surface area (Å²) in [6, 6.07) is 1.37. The van der Waals surface area contributed by atoms with Crippen LogP contribution < -0.4 is 10.9 Å². The van der Waals surface area contributed by atoms with E-state index in [4.69, 9.17) is 0 Å². The van der Waals surface area contributed by atoms with Crippen LogP contribution in [0.15, 0.2) is 23.4 Å². The van der Waals surface area contributed by atoms with Crippen LogP contribution in [0.5, 0.6) is 0 Å². The Bertz CT molecular complexity index is 310. The van der Waals surface area contributed by atoms with E-state index in [0.29, 0.717) is 6.54 Å². The zero-order valence-corrected chi connectivity index (χ0v) is 7.47. The maximum Gasteiger partial charge on any atom is 0.253 e. The number of likely N-dealkylation sites (N-methyl/N-ethyl adjacent to an activating group) is 1. The molecule has 1 aromatic heterocycles. The Morgan fingerprint density at radius 1 is 1.77 bits per heavy atom. The van der Waals surface area contributed by atoms with Crippen molar-refractivity contribution < 1.29 is 5.11 Å². The van der Waals surface area contributed by atoms with E-state index in [-0.39, 0.29) is 12.1 Å². The third kappa shape index (κ3) is 2.96. The number of aliphatic hydroxyl groups is 1. The Morgan fingerprint density at radius 3 is 3.15 bits per heavy atom. The van der Waals surface area contributed by atoms with Gasteiger partial charge in [0.05, 0.1) is 19.0 Å². The largest absolute Gasteiger partial charge is 0.390 e. The minimum Gasteiger partial charge on any atom is -0.390 e. The molecule has 1 rings (SSSR count). The molecule has 1 unspecified atom stereocenters. The first-order valence-electron chi connectivity index (χ1n) is 4.07. The number of aliphatic hydroxyl groups excluding tert-OH is 1. The Kier molecular flexibility index (Phi) is 3.60. The third-order valence-electron chi connectivity index (χ3n) is 1.64. The molecule has 0 aliphatic heterocycles. The molecule has 0 saturated heterocycles. The molecule has 1 aromatic rings. The minimum atomic E-state index is -0.563. The molecule has 0 spiro atoms. The number of aromatic nitrogens is 2. The van der Waals surface area contributed by atoms with Crippen LogP contribution in [0, 0.1) is 0 Å². The third-order valence-corrected chi connectivity index (χ3v) is 1.64. The summed E-state index contributed by atoms with van der Waals surface area (Å²) in [6.07, 6.45) is 2.29. The summed E-state index contributed by atoms with van der Waals surface area (Å²) < 4.78 is 1.38. The Morgan fingerprint density at radius 2 is 2.54 bits per heavy atom. The SMILES string of the molecule is CNCC(O)Cn1cnccc1=O. The van der Waals surface area contributed by atoms with Crippen molar-refractivity contribution in [1.29, 1.82) is 0 Å². The second-order valence-corrected chi connectivity index (χ2v) is 2.78. The van der Waals surface area contributed by atoms with Crippen LogP contribution in [0.25, 0.3) is 0 Å². The van der Waals surface area contributed by atoms with Gasteiger partial charge in [-0.25, -0.2) is 4.98 Å². The zero-order chi connectivity index (χ0) is 9.68. The summed E-state index contributed by atoms with van der Waals surface area (Å²) in [5, 5.41) is 12.2. The molecule has 72 valence electrons. The maximum atomic E-state index is 11.2. The van der Waals surface area contributed by atoms with E-state index < -0.39 is 6.10 Å². The first-order chi connectivity index (χ1) is 6.24.